The third-order valence-electron chi connectivity index (χ3n) is 10.2. The van der Waals surface area contributed by atoms with Crippen molar-refractivity contribution in [2.45, 2.75) is 71.9 Å². The fraction of sp³-hybridized carbons (Fsp3) is 0.378. The van der Waals surface area contributed by atoms with Gasteiger partial charge in [0.2, 0.25) is 12.7 Å². The lowest BCUT2D eigenvalue weighted by Gasteiger charge is -2.41. The number of nitrogens with zero attached hydrogens (tertiary/aromatic N) is 2. The van der Waals surface area contributed by atoms with Crippen LogP contribution in [-0.2, 0) is 33.9 Å². The van der Waals surface area contributed by atoms with Gasteiger partial charge in [0.05, 0.1) is 51.1 Å². The summed E-state index contributed by atoms with van der Waals surface area (Å²) in [5, 5.41) is 0. The maximum atomic E-state index is 15.4. The topological polar surface area (TPSA) is 139 Å². The Morgan fingerprint density at radius 2 is 1.53 bits per heavy atom. The number of ether oxygens (including phenoxy) is 7. The fourth-order valence-electron chi connectivity index (χ4n) is 7.43. The highest BCUT2D eigenvalue weighted by Gasteiger charge is 2.46. The molecule has 4 aromatic rings. The summed E-state index contributed by atoms with van der Waals surface area (Å²) in [5.74, 6) is 0.611. The van der Waals surface area contributed by atoms with Crippen molar-refractivity contribution in [3.8, 4) is 28.7 Å². The minimum atomic E-state index is -1.29. The van der Waals surface area contributed by atoms with E-state index in [1.54, 1.807) is 40.7 Å². The van der Waals surface area contributed by atoms with E-state index in [9.17, 15) is 14.4 Å². The summed E-state index contributed by atoms with van der Waals surface area (Å²) < 4.78 is 41.7. The zero-order valence-corrected chi connectivity index (χ0v) is 34.2. The highest BCUT2D eigenvalue weighted by molar-refractivity contribution is 6.07. The first-order valence-corrected chi connectivity index (χ1v) is 19.0. The molecule has 0 spiro atoms. The number of hydrogen-bond acceptors (Lipinski definition) is 11. The van der Waals surface area contributed by atoms with E-state index in [0.29, 0.717) is 51.5 Å². The highest BCUT2D eigenvalue weighted by atomic mass is 16.7. The number of amides is 2. The van der Waals surface area contributed by atoms with Crippen LogP contribution in [0.25, 0.3) is 0 Å². The molecule has 2 aliphatic heterocycles. The third kappa shape index (κ3) is 8.59. The van der Waals surface area contributed by atoms with Gasteiger partial charge in [-0.05, 0) is 56.9 Å². The average molecular weight is 795 g/mol. The molecule has 0 aromatic heterocycles. The molecule has 2 atom stereocenters. The van der Waals surface area contributed by atoms with Gasteiger partial charge < -0.3 is 38.1 Å². The summed E-state index contributed by atoms with van der Waals surface area (Å²) in [5.41, 5.74) is 3.33. The predicted octanol–water partition coefficient (Wildman–Crippen LogP) is 7.20. The van der Waals surface area contributed by atoms with Crippen LogP contribution in [0.15, 0.2) is 66.7 Å². The number of likely N-dealkylation sites (N-methyl/N-ethyl adjacent to an activating group) is 1. The summed E-state index contributed by atoms with van der Waals surface area (Å²) in [7, 11) is 4.42. The molecular formula is C45H50N2O11. The van der Waals surface area contributed by atoms with Crippen LogP contribution < -0.4 is 23.7 Å². The first-order valence-electron chi connectivity index (χ1n) is 19.0. The number of fused-ring (bicyclic) bond motifs is 3. The van der Waals surface area contributed by atoms with Crippen molar-refractivity contribution in [1.29, 1.82) is 0 Å². The van der Waals surface area contributed by atoms with Gasteiger partial charge in [0, 0.05) is 24.6 Å². The zero-order chi connectivity index (χ0) is 41.7. The minimum Gasteiger partial charge on any atom is -0.496 e. The molecule has 13 nitrogen and oxygen atoms in total. The standard InChI is InChI=1S/C45H50N2O11/c1-27-19-31(32(22-48)41(38(27)52-7)55-24-30-17-13-10-14-18-30)20-33(46(6)44(51)58-45(3,4)5)43(50)47-21-35(49)37-36(34(47)25-54-23-29-15-11-9-12-16-29)42-40(56-26-57-42)28(2)39(37)53-8/h9-19,22,33-34H,20-21,23-26H2,1-8H3/t33-,34+/m1/s1. The summed E-state index contributed by atoms with van der Waals surface area (Å²) in [6.07, 6.45) is -0.276. The summed E-state index contributed by atoms with van der Waals surface area (Å²) in [4.78, 5) is 59.1. The first kappa shape index (κ1) is 41.6. The minimum absolute atomic E-state index is 0.0511. The number of ketones is 1. The van der Waals surface area contributed by atoms with Gasteiger partial charge >= 0.3 is 6.09 Å². The van der Waals surface area contributed by atoms with E-state index in [2.05, 4.69) is 0 Å². The third-order valence-corrected chi connectivity index (χ3v) is 10.2. The Morgan fingerprint density at radius 1 is 0.914 bits per heavy atom. The van der Waals surface area contributed by atoms with Gasteiger partial charge in [0.15, 0.2) is 35.1 Å². The number of hydrogen-bond donors (Lipinski definition) is 0. The van der Waals surface area contributed by atoms with Gasteiger partial charge in [-0.3, -0.25) is 19.3 Å². The van der Waals surface area contributed by atoms with Crippen molar-refractivity contribution in [2.24, 2.45) is 0 Å². The van der Waals surface area contributed by atoms with Gasteiger partial charge in [-0.2, -0.15) is 0 Å². The van der Waals surface area contributed by atoms with Crippen LogP contribution in [0.3, 0.4) is 0 Å². The molecule has 0 fully saturated rings. The normalized spacial score (nSPS) is 15.0. The molecular weight excluding hydrogens is 744 g/mol. The van der Waals surface area contributed by atoms with Gasteiger partial charge in [0.25, 0.3) is 0 Å². The van der Waals surface area contributed by atoms with Crippen molar-refractivity contribution >= 4 is 24.1 Å². The smallest absolute Gasteiger partial charge is 0.410 e. The van der Waals surface area contributed by atoms with E-state index in [0.717, 1.165) is 11.1 Å². The molecule has 58 heavy (non-hydrogen) atoms. The molecule has 306 valence electrons. The van der Waals surface area contributed by atoms with Crippen molar-refractivity contribution in [3.63, 3.8) is 0 Å². The van der Waals surface area contributed by atoms with E-state index < -0.39 is 35.5 Å². The van der Waals surface area contributed by atoms with E-state index in [-0.39, 0.29) is 56.5 Å². The van der Waals surface area contributed by atoms with Crippen molar-refractivity contribution in [2.75, 3.05) is 41.2 Å². The molecule has 2 amide bonds. The Morgan fingerprint density at radius 3 is 2.14 bits per heavy atom. The molecule has 0 aliphatic carbocycles. The van der Waals surface area contributed by atoms with Crippen LogP contribution >= 0.6 is 0 Å². The van der Waals surface area contributed by atoms with Crippen LogP contribution in [0, 0.1) is 13.8 Å². The Hall–Kier alpha value is -6.08. The molecule has 2 aliphatic rings. The molecule has 0 N–H and O–H groups in total. The Labute approximate surface area is 338 Å². The van der Waals surface area contributed by atoms with Crippen LogP contribution in [0.1, 0.15) is 80.9 Å². The van der Waals surface area contributed by atoms with Gasteiger partial charge in [0.1, 0.15) is 24.0 Å². The molecule has 2 heterocycles. The molecule has 0 saturated carbocycles. The maximum absolute atomic E-state index is 15.4. The molecule has 0 unspecified atom stereocenters. The van der Waals surface area contributed by atoms with E-state index >= 15 is 4.79 Å². The lowest BCUT2D eigenvalue weighted by atomic mass is 9.87. The number of Topliss-reactive ketones (excluding diaryl/α,β-unsaturated/α-hetero) is 1. The average Bonchev–Trinajstić information content (AvgIpc) is 3.70. The monoisotopic (exact) mass is 794 g/mol. The molecule has 6 rings (SSSR count). The Kier molecular flexibility index (Phi) is 12.6. The second kappa shape index (κ2) is 17.6. The fourth-order valence-corrected chi connectivity index (χ4v) is 7.43. The number of carbonyl (C=O) groups excluding carboxylic acids is 4. The summed E-state index contributed by atoms with van der Waals surface area (Å²) in [6, 6.07) is 18.6. The van der Waals surface area contributed by atoms with Crippen LogP contribution in [0.5, 0.6) is 28.7 Å². The van der Waals surface area contributed by atoms with E-state index in [4.69, 9.17) is 33.2 Å². The summed E-state index contributed by atoms with van der Waals surface area (Å²) in [6.45, 7) is 8.59. The van der Waals surface area contributed by atoms with Crippen LogP contribution in [0.2, 0.25) is 0 Å². The van der Waals surface area contributed by atoms with Crippen molar-refractivity contribution < 1.29 is 52.3 Å². The molecule has 13 heteroatoms. The van der Waals surface area contributed by atoms with Crippen molar-refractivity contribution in [1.82, 2.24) is 9.80 Å². The van der Waals surface area contributed by atoms with Crippen LogP contribution in [0.4, 0.5) is 4.79 Å². The molecule has 0 radical (unpaired) electrons. The van der Waals surface area contributed by atoms with Gasteiger partial charge in [-0.25, -0.2) is 4.79 Å². The molecule has 0 bridgehead atoms. The maximum Gasteiger partial charge on any atom is 0.410 e. The first-order chi connectivity index (χ1) is 27.8. The Balaban J connectivity index is 1.46. The number of benzene rings is 4. The SMILES string of the molecule is COc1c(C)cc(C[C@H](C(=O)N2CC(=O)c3c(OC)c(C)c4c(c3[C@@H]2COCc2ccccc2)OCO4)N(C)C(=O)OC(C)(C)C)c(C=O)c1OCc1ccccc1. The highest BCUT2D eigenvalue weighted by Crippen LogP contribution is 2.52. The Bertz CT molecular complexity index is 2170. The molecule has 0 saturated heterocycles. The second-order valence-electron chi connectivity index (χ2n) is 15.2. The number of aryl methyl sites for hydroxylation is 1. The van der Waals surface area contributed by atoms with E-state index in [1.165, 1.54) is 31.1 Å². The number of aldehydes is 1. The number of methoxy groups -OCH3 is 2. The van der Waals surface area contributed by atoms with Crippen molar-refractivity contribution in [3.05, 3.63) is 111 Å². The largest absolute Gasteiger partial charge is 0.496 e. The lowest BCUT2D eigenvalue weighted by molar-refractivity contribution is -0.140. The number of carbonyl (C=O) groups is 4. The predicted molar refractivity (Wildman–Crippen MR) is 214 cm³/mol. The second-order valence-corrected chi connectivity index (χ2v) is 15.2. The van der Waals surface area contributed by atoms with Crippen LogP contribution in [-0.4, -0.2) is 86.7 Å². The number of rotatable bonds is 14. The lowest BCUT2D eigenvalue weighted by Crippen LogP contribution is -2.55. The van der Waals surface area contributed by atoms with Gasteiger partial charge in [-0.15, -0.1) is 0 Å². The van der Waals surface area contributed by atoms with Gasteiger partial charge in [-0.1, -0.05) is 66.7 Å². The zero-order valence-electron chi connectivity index (χ0n) is 34.2. The quantitative estimate of drug-likeness (QED) is 0.120. The summed E-state index contributed by atoms with van der Waals surface area (Å²) >= 11 is 0. The molecule has 4 aromatic carbocycles. The van der Waals surface area contributed by atoms with E-state index in [1.807, 2.05) is 60.7 Å².